The maximum atomic E-state index is 6.47. The van der Waals surface area contributed by atoms with Crippen molar-refractivity contribution in [3.8, 4) is 39.7 Å². The maximum absolute atomic E-state index is 6.47. The SMILES string of the molecule is c1ccc2c(c1)Oc1cccc(-n3c4ccccc4c4cc(-c5cc(-n6c7ccccc7c7ccccc76)cc(-n6c7ccccc7c7ccccc76)c5)ccc43)c1S2. The first-order chi connectivity index (χ1) is 29.3. The second-order valence-corrected chi connectivity index (χ2v) is 16.4. The molecule has 4 heterocycles. The predicted molar refractivity (Wildman–Crippen MR) is 246 cm³/mol. The molecular formula is C54H33N3OS. The third-order valence-corrected chi connectivity index (χ3v) is 13.2. The van der Waals surface area contributed by atoms with Gasteiger partial charge in [0.1, 0.15) is 11.5 Å². The Morgan fingerprint density at radius 3 is 1.36 bits per heavy atom. The standard InChI is InChI=1S/C54H33N3OS/c1-6-19-44-38(14-1)39-15-2-7-20-45(39)55(44)36-30-35(31-37(33-36)56-46-21-8-3-16-40(46)41-17-4-9-22-47(41)56)34-28-29-49-43(32-34)42-18-5-10-23-48(42)57(49)50-24-13-26-52-54(50)59-53-27-12-11-25-51(53)58-52/h1-33H. The summed E-state index contributed by atoms with van der Waals surface area (Å²) in [6.45, 7) is 0. The summed E-state index contributed by atoms with van der Waals surface area (Å²) in [5.74, 6) is 1.78. The van der Waals surface area contributed by atoms with E-state index in [1.54, 1.807) is 11.8 Å². The molecule has 1 aliphatic rings. The largest absolute Gasteiger partial charge is 0.455 e. The summed E-state index contributed by atoms with van der Waals surface area (Å²) in [5, 5.41) is 7.41. The van der Waals surface area contributed by atoms with Crippen molar-refractivity contribution in [1.29, 1.82) is 0 Å². The molecule has 12 aromatic rings. The first kappa shape index (κ1) is 32.6. The minimum absolute atomic E-state index is 0.883. The summed E-state index contributed by atoms with van der Waals surface area (Å²) in [7, 11) is 0. The van der Waals surface area contributed by atoms with Crippen LogP contribution >= 0.6 is 11.8 Å². The van der Waals surface area contributed by atoms with Crippen LogP contribution in [0.1, 0.15) is 0 Å². The van der Waals surface area contributed by atoms with Gasteiger partial charge in [-0.3, -0.25) is 0 Å². The zero-order chi connectivity index (χ0) is 38.6. The van der Waals surface area contributed by atoms with Crippen molar-refractivity contribution in [2.24, 2.45) is 0 Å². The third-order valence-electron chi connectivity index (χ3n) is 12.1. The average molecular weight is 772 g/mol. The average Bonchev–Trinajstić information content (AvgIpc) is 3.94. The van der Waals surface area contributed by atoms with Gasteiger partial charge < -0.3 is 18.4 Å². The zero-order valence-corrected chi connectivity index (χ0v) is 32.5. The molecule has 13 rings (SSSR count). The van der Waals surface area contributed by atoms with Gasteiger partial charge in [-0.05, 0) is 96.1 Å². The van der Waals surface area contributed by atoms with Gasteiger partial charge in [-0.1, -0.05) is 127 Å². The predicted octanol–water partition coefficient (Wildman–Crippen LogP) is 14.9. The van der Waals surface area contributed by atoms with Crippen LogP contribution in [-0.2, 0) is 0 Å². The molecule has 0 saturated carbocycles. The van der Waals surface area contributed by atoms with Gasteiger partial charge in [-0.2, -0.15) is 0 Å². The summed E-state index contributed by atoms with van der Waals surface area (Å²) in [6.07, 6.45) is 0. The second kappa shape index (κ2) is 12.5. The summed E-state index contributed by atoms with van der Waals surface area (Å²) < 4.78 is 13.8. The van der Waals surface area contributed by atoms with Gasteiger partial charge in [0.25, 0.3) is 0 Å². The molecule has 5 heteroatoms. The highest BCUT2D eigenvalue weighted by atomic mass is 32.2. The lowest BCUT2D eigenvalue weighted by Crippen LogP contribution is -2.01. The Balaban J connectivity index is 1.07. The number of ether oxygens (including phenoxy) is 1. The van der Waals surface area contributed by atoms with Crippen molar-refractivity contribution in [3.05, 3.63) is 200 Å². The van der Waals surface area contributed by atoms with Crippen molar-refractivity contribution in [2.75, 3.05) is 0 Å². The van der Waals surface area contributed by atoms with E-state index in [1.165, 1.54) is 54.4 Å². The molecule has 0 bridgehead atoms. The molecule has 0 amide bonds. The molecule has 0 atom stereocenters. The van der Waals surface area contributed by atoms with Crippen LogP contribution in [0.15, 0.2) is 210 Å². The van der Waals surface area contributed by atoms with Crippen molar-refractivity contribution in [3.63, 3.8) is 0 Å². The van der Waals surface area contributed by atoms with Gasteiger partial charge in [0.05, 0.1) is 48.6 Å². The fourth-order valence-corrected chi connectivity index (χ4v) is 10.6. The van der Waals surface area contributed by atoms with Crippen molar-refractivity contribution < 1.29 is 4.74 Å². The van der Waals surface area contributed by atoms with Crippen molar-refractivity contribution in [1.82, 2.24) is 13.7 Å². The number of aromatic nitrogens is 3. The number of hydrogen-bond donors (Lipinski definition) is 0. The molecular weight excluding hydrogens is 739 g/mol. The Morgan fingerprint density at radius 1 is 0.322 bits per heavy atom. The number of rotatable bonds is 4. The quantitative estimate of drug-likeness (QED) is 0.178. The summed E-state index contributed by atoms with van der Waals surface area (Å²) in [4.78, 5) is 2.24. The fourth-order valence-electron chi connectivity index (χ4n) is 9.54. The van der Waals surface area contributed by atoms with E-state index in [9.17, 15) is 0 Å². The minimum Gasteiger partial charge on any atom is -0.455 e. The van der Waals surface area contributed by atoms with E-state index in [0.29, 0.717) is 0 Å². The van der Waals surface area contributed by atoms with Crippen LogP contribution in [0.2, 0.25) is 0 Å². The van der Waals surface area contributed by atoms with Crippen LogP contribution in [-0.4, -0.2) is 13.7 Å². The lowest BCUT2D eigenvalue weighted by atomic mass is 10.0. The lowest BCUT2D eigenvalue weighted by Gasteiger charge is -2.22. The molecule has 3 aromatic heterocycles. The topological polar surface area (TPSA) is 24.0 Å². The van der Waals surface area contributed by atoms with Crippen LogP contribution in [0.25, 0.3) is 93.6 Å². The number of hydrogen-bond acceptors (Lipinski definition) is 2. The Hall–Kier alpha value is -7.47. The van der Waals surface area contributed by atoms with Crippen LogP contribution in [0.4, 0.5) is 0 Å². The van der Waals surface area contributed by atoms with Crippen LogP contribution in [0.5, 0.6) is 11.5 Å². The first-order valence-corrected chi connectivity index (χ1v) is 20.8. The summed E-state index contributed by atoms with van der Waals surface area (Å²) in [6, 6.07) is 72.6. The maximum Gasteiger partial charge on any atom is 0.143 e. The Kier molecular flexibility index (Phi) is 6.91. The van der Waals surface area contributed by atoms with E-state index in [1.807, 2.05) is 12.1 Å². The van der Waals surface area contributed by atoms with E-state index in [4.69, 9.17) is 4.74 Å². The Bertz CT molecular complexity index is 3460. The van der Waals surface area contributed by atoms with Crippen LogP contribution in [0.3, 0.4) is 0 Å². The summed E-state index contributed by atoms with van der Waals surface area (Å²) in [5.41, 5.74) is 12.7. The van der Waals surface area contributed by atoms with E-state index in [-0.39, 0.29) is 0 Å². The van der Waals surface area contributed by atoms with E-state index < -0.39 is 0 Å². The number of benzene rings is 9. The molecule has 0 spiro atoms. The number of para-hydroxylation sites is 6. The minimum atomic E-state index is 0.883. The summed E-state index contributed by atoms with van der Waals surface area (Å²) >= 11 is 1.78. The van der Waals surface area contributed by atoms with Gasteiger partial charge in [0.2, 0.25) is 0 Å². The molecule has 0 radical (unpaired) electrons. The molecule has 9 aromatic carbocycles. The lowest BCUT2D eigenvalue weighted by molar-refractivity contribution is 0.454. The normalized spacial score (nSPS) is 12.5. The van der Waals surface area contributed by atoms with Gasteiger partial charge in [-0.15, -0.1) is 0 Å². The highest BCUT2D eigenvalue weighted by Crippen LogP contribution is 2.50. The Labute approximate surface area is 343 Å². The van der Waals surface area contributed by atoms with Crippen molar-refractivity contribution in [2.45, 2.75) is 9.79 Å². The van der Waals surface area contributed by atoms with Gasteiger partial charge in [-0.25, -0.2) is 0 Å². The second-order valence-electron chi connectivity index (χ2n) is 15.3. The van der Waals surface area contributed by atoms with Gasteiger partial charge >= 0.3 is 0 Å². The molecule has 1 aliphatic heterocycles. The molecule has 0 saturated heterocycles. The van der Waals surface area contributed by atoms with Gasteiger partial charge in [0, 0.05) is 43.7 Å². The molecule has 0 N–H and O–H groups in total. The highest BCUT2D eigenvalue weighted by Gasteiger charge is 2.24. The zero-order valence-electron chi connectivity index (χ0n) is 31.7. The molecule has 0 unspecified atom stereocenters. The van der Waals surface area contributed by atoms with E-state index in [0.717, 1.165) is 60.5 Å². The molecule has 59 heavy (non-hydrogen) atoms. The van der Waals surface area contributed by atoms with Crippen LogP contribution < -0.4 is 4.74 Å². The highest BCUT2D eigenvalue weighted by molar-refractivity contribution is 7.99. The first-order valence-electron chi connectivity index (χ1n) is 20.0. The molecule has 0 aliphatic carbocycles. The third kappa shape index (κ3) is 4.80. The molecule has 0 fully saturated rings. The van der Waals surface area contributed by atoms with E-state index >= 15 is 0 Å². The number of fused-ring (bicyclic) bond motifs is 11. The molecule has 4 nitrogen and oxygen atoms in total. The van der Waals surface area contributed by atoms with Crippen molar-refractivity contribution >= 4 is 77.2 Å². The van der Waals surface area contributed by atoms with Crippen LogP contribution in [0, 0.1) is 0 Å². The number of nitrogens with zero attached hydrogens (tertiary/aromatic N) is 3. The van der Waals surface area contributed by atoms with E-state index in [2.05, 4.69) is 202 Å². The Morgan fingerprint density at radius 2 is 0.780 bits per heavy atom. The molecule has 276 valence electrons. The monoisotopic (exact) mass is 771 g/mol. The smallest absolute Gasteiger partial charge is 0.143 e. The fraction of sp³-hybridized carbons (Fsp3) is 0. The van der Waals surface area contributed by atoms with Gasteiger partial charge in [0.15, 0.2) is 0 Å².